The molecule has 0 saturated heterocycles. The van der Waals surface area contributed by atoms with E-state index in [1.165, 1.54) is 21.5 Å². The molecule has 0 amide bonds. The summed E-state index contributed by atoms with van der Waals surface area (Å²) in [6, 6.07) is 8.18. The van der Waals surface area contributed by atoms with Gasteiger partial charge in [0.05, 0.1) is 39.5 Å². The van der Waals surface area contributed by atoms with Crippen molar-refractivity contribution >= 4 is 45.2 Å². The number of fused-ring (bicyclic) bond motifs is 7. The smallest absolute Gasteiger partial charge is 0.151 e. The molecule has 3 saturated carbocycles. The van der Waals surface area contributed by atoms with E-state index < -0.39 is 0 Å². The Labute approximate surface area is 245 Å². The van der Waals surface area contributed by atoms with Crippen molar-refractivity contribution in [2.75, 3.05) is 5.75 Å². The fraction of sp³-hybridized carbons (Fsp3) is 0.606. The van der Waals surface area contributed by atoms with Crippen molar-refractivity contribution in [3.63, 3.8) is 0 Å². The maximum Gasteiger partial charge on any atom is 0.151 e. The number of aromatic nitrogens is 3. The van der Waals surface area contributed by atoms with Crippen molar-refractivity contribution < 1.29 is 9.90 Å². The Bertz CT molecular complexity index is 1480. The van der Waals surface area contributed by atoms with Crippen LogP contribution in [0.15, 0.2) is 40.4 Å². The maximum atomic E-state index is 13.7. The molecule has 40 heavy (non-hydrogen) atoms. The maximum absolute atomic E-state index is 13.7. The first kappa shape index (κ1) is 26.9. The van der Waals surface area contributed by atoms with Crippen LogP contribution in [0.2, 0.25) is 0 Å². The Kier molecular flexibility index (Phi) is 6.24. The molecular formula is C33H41N3O2S2. The zero-order valence-corrected chi connectivity index (χ0v) is 25.9. The fourth-order valence-corrected chi connectivity index (χ4v) is 11.4. The van der Waals surface area contributed by atoms with Gasteiger partial charge >= 0.3 is 0 Å². The molecule has 2 aromatic heterocycles. The lowest BCUT2D eigenvalue weighted by atomic mass is 9.46. The monoisotopic (exact) mass is 575 g/mol. The molecule has 0 bridgehead atoms. The molecule has 1 aromatic carbocycles. The van der Waals surface area contributed by atoms with Gasteiger partial charge in [-0.25, -0.2) is 4.98 Å². The predicted molar refractivity (Wildman–Crippen MR) is 164 cm³/mol. The highest BCUT2D eigenvalue weighted by atomic mass is 32.2. The third-order valence-electron chi connectivity index (χ3n) is 11.1. The lowest BCUT2D eigenvalue weighted by Crippen LogP contribution is -2.57. The highest BCUT2D eigenvalue weighted by Crippen LogP contribution is 2.66. The SMILES string of the molecule is CC12Cc3cnn(C(C)(C)C)c3C=C1CCC1C2C(O)CC2(C)C(C(=O)CSc3nc4ccccc4s3)CCC12. The summed E-state index contributed by atoms with van der Waals surface area (Å²) in [6.07, 6.45) is 10.0. The standard InChI is InChI=1S/C33H41N3O2S2/c1-31(2,3)36-25-14-20-10-11-21-22-12-13-23(27(38)18-39-30-35-24-8-6-7-9-28(24)40-30)33(22,5)16-26(37)29(21)32(20,4)15-19(25)17-34-36/h6-9,14,17,21-23,26,29,37H,10-13,15-16,18H2,1-5H3. The lowest BCUT2D eigenvalue weighted by molar-refractivity contribution is -0.140. The van der Waals surface area contributed by atoms with Crippen LogP contribution in [-0.2, 0) is 16.8 Å². The molecule has 3 fully saturated rings. The van der Waals surface area contributed by atoms with Gasteiger partial charge in [0, 0.05) is 5.92 Å². The van der Waals surface area contributed by atoms with Crippen LogP contribution in [-0.4, -0.2) is 37.5 Å². The molecule has 7 rings (SSSR count). The normalized spacial score (nSPS) is 35.0. The van der Waals surface area contributed by atoms with Crippen LogP contribution >= 0.6 is 23.1 Å². The second-order valence-electron chi connectivity index (χ2n) is 14.3. The Morgan fingerprint density at radius 3 is 2.77 bits per heavy atom. The summed E-state index contributed by atoms with van der Waals surface area (Å²) in [4.78, 5) is 18.5. The van der Waals surface area contributed by atoms with E-state index in [0.29, 0.717) is 23.4 Å². The van der Waals surface area contributed by atoms with Crippen molar-refractivity contribution in [2.24, 2.45) is 34.5 Å². The quantitative estimate of drug-likeness (QED) is 0.329. The first-order chi connectivity index (χ1) is 19.0. The van der Waals surface area contributed by atoms with Crippen molar-refractivity contribution in [2.45, 2.75) is 89.1 Å². The van der Waals surface area contributed by atoms with Crippen molar-refractivity contribution in [1.82, 2.24) is 14.8 Å². The number of allylic oxidation sites excluding steroid dienone is 1. The molecule has 4 aliphatic carbocycles. The summed E-state index contributed by atoms with van der Waals surface area (Å²) in [6.45, 7) is 11.4. The molecule has 0 aliphatic heterocycles. The minimum atomic E-state index is -0.385. The summed E-state index contributed by atoms with van der Waals surface area (Å²) in [5.41, 5.74) is 4.84. The van der Waals surface area contributed by atoms with Gasteiger partial charge in [0.25, 0.3) is 0 Å². The Hall–Kier alpha value is -1.96. The zero-order chi connectivity index (χ0) is 28.0. The molecule has 2 heterocycles. The largest absolute Gasteiger partial charge is 0.393 e. The number of carbonyl (C=O) groups excluding carboxylic acids is 1. The summed E-state index contributed by atoms with van der Waals surface area (Å²) in [5, 5.41) is 16.7. The second kappa shape index (κ2) is 9.27. The van der Waals surface area contributed by atoms with Crippen LogP contribution in [0, 0.1) is 34.5 Å². The number of rotatable bonds is 4. The molecule has 7 unspecified atom stereocenters. The number of benzene rings is 1. The number of para-hydroxylation sites is 1. The van der Waals surface area contributed by atoms with E-state index in [9.17, 15) is 9.90 Å². The van der Waals surface area contributed by atoms with Gasteiger partial charge in [-0.3, -0.25) is 9.48 Å². The summed E-state index contributed by atoms with van der Waals surface area (Å²) in [5.74, 6) is 2.05. The van der Waals surface area contributed by atoms with E-state index in [1.54, 1.807) is 23.1 Å². The number of thiazole rings is 1. The van der Waals surface area contributed by atoms with E-state index >= 15 is 0 Å². The molecule has 0 radical (unpaired) electrons. The molecule has 7 atom stereocenters. The Morgan fingerprint density at radius 1 is 1.20 bits per heavy atom. The van der Waals surface area contributed by atoms with Gasteiger partial charge in [-0.15, -0.1) is 11.3 Å². The first-order valence-electron chi connectivity index (χ1n) is 15.0. The number of aliphatic hydroxyl groups is 1. The number of hydrogen-bond acceptors (Lipinski definition) is 6. The molecular weight excluding hydrogens is 535 g/mol. The number of carbonyl (C=O) groups is 1. The van der Waals surface area contributed by atoms with Crippen molar-refractivity contribution in [3.05, 3.63) is 47.3 Å². The average molecular weight is 576 g/mol. The Morgan fingerprint density at radius 2 is 2.00 bits per heavy atom. The lowest BCUT2D eigenvalue weighted by Gasteiger charge is -2.59. The highest BCUT2D eigenvalue weighted by molar-refractivity contribution is 8.01. The summed E-state index contributed by atoms with van der Waals surface area (Å²) < 4.78 is 4.32. The van der Waals surface area contributed by atoms with Gasteiger partial charge in [-0.1, -0.05) is 43.3 Å². The first-order valence-corrected chi connectivity index (χ1v) is 16.8. The van der Waals surface area contributed by atoms with Crippen LogP contribution in [0.4, 0.5) is 0 Å². The van der Waals surface area contributed by atoms with Gasteiger partial charge in [-0.05, 0) is 112 Å². The van der Waals surface area contributed by atoms with Gasteiger partial charge in [0.1, 0.15) is 5.78 Å². The number of aliphatic hydroxyl groups excluding tert-OH is 1. The number of nitrogens with zero attached hydrogens (tertiary/aromatic N) is 3. The molecule has 4 aliphatic rings. The number of thioether (sulfide) groups is 1. The predicted octanol–water partition coefficient (Wildman–Crippen LogP) is 7.38. The van der Waals surface area contributed by atoms with E-state index in [0.717, 1.165) is 48.4 Å². The second-order valence-corrected chi connectivity index (χ2v) is 16.6. The van der Waals surface area contributed by atoms with Crippen molar-refractivity contribution in [1.29, 1.82) is 0 Å². The van der Waals surface area contributed by atoms with Gasteiger partial charge < -0.3 is 5.11 Å². The van der Waals surface area contributed by atoms with Crippen LogP contribution in [0.1, 0.15) is 78.0 Å². The summed E-state index contributed by atoms with van der Waals surface area (Å²) >= 11 is 3.27. The van der Waals surface area contributed by atoms with Crippen LogP contribution in [0.5, 0.6) is 0 Å². The van der Waals surface area contributed by atoms with Crippen LogP contribution < -0.4 is 0 Å². The molecule has 5 nitrogen and oxygen atoms in total. The molecule has 7 heteroatoms. The number of ketones is 1. The molecule has 3 aromatic rings. The average Bonchev–Trinajstić information content (AvgIpc) is 3.59. The van der Waals surface area contributed by atoms with E-state index in [2.05, 4.69) is 57.6 Å². The fourth-order valence-electron chi connectivity index (χ4n) is 9.39. The van der Waals surface area contributed by atoms with E-state index in [1.807, 2.05) is 18.2 Å². The number of Topliss-reactive ketones (excluding diaryl/α,β-unsaturated/α-hetero) is 1. The molecule has 212 valence electrons. The van der Waals surface area contributed by atoms with Crippen LogP contribution in [0.3, 0.4) is 0 Å². The zero-order valence-electron chi connectivity index (χ0n) is 24.3. The minimum Gasteiger partial charge on any atom is -0.393 e. The molecule has 0 spiro atoms. The topological polar surface area (TPSA) is 68.0 Å². The van der Waals surface area contributed by atoms with Gasteiger partial charge in [0.2, 0.25) is 0 Å². The van der Waals surface area contributed by atoms with Crippen LogP contribution in [0.25, 0.3) is 16.3 Å². The van der Waals surface area contributed by atoms with Crippen molar-refractivity contribution in [3.8, 4) is 0 Å². The van der Waals surface area contributed by atoms with Gasteiger partial charge in [-0.2, -0.15) is 5.10 Å². The Balaban J connectivity index is 1.11. The number of hydrogen-bond donors (Lipinski definition) is 1. The highest BCUT2D eigenvalue weighted by Gasteiger charge is 2.63. The summed E-state index contributed by atoms with van der Waals surface area (Å²) in [7, 11) is 0. The minimum absolute atomic E-state index is 0.0303. The third-order valence-corrected chi connectivity index (χ3v) is 13.3. The van der Waals surface area contributed by atoms with Gasteiger partial charge in [0.15, 0.2) is 4.34 Å². The molecule has 1 N–H and O–H groups in total. The van der Waals surface area contributed by atoms with E-state index in [-0.39, 0.29) is 34.3 Å². The third kappa shape index (κ3) is 4.01. The van der Waals surface area contributed by atoms with E-state index in [4.69, 9.17) is 10.1 Å².